The Kier molecular flexibility index (Phi) is 8.96. The zero-order valence-electron chi connectivity index (χ0n) is 11.8. The molecule has 0 aromatic heterocycles. The topological polar surface area (TPSA) is 20.2 Å². The van der Waals surface area contributed by atoms with Crippen molar-refractivity contribution in [2.24, 2.45) is 0 Å². The summed E-state index contributed by atoms with van der Waals surface area (Å²) in [5.74, 6) is 0. The largest absolute Gasteiger partial charge is 0.217 e. The Morgan fingerprint density at radius 2 is 1.31 bits per heavy atom. The van der Waals surface area contributed by atoms with Gasteiger partial charge < -0.3 is 0 Å². The molecule has 1 N–H and O–H groups in total. The van der Waals surface area contributed by atoms with E-state index in [4.69, 9.17) is 0 Å². The molecule has 0 aromatic rings. The molecule has 0 fully saturated rings. The molecule has 0 saturated carbocycles. The van der Waals surface area contributed by atoms with Gasteiger partial charge in [0.25, 0.3) is 0 Å². The van der Waals surface area contributed by atoms with Crippen molar-refractivity contribution in [3.05, 3.63) is 0 Å². The zero-order chi connectivity index (χ0) is 12.4. The van der Waals surface area contributed by atoms with E-state index in [1.165, 1.54) is 25.7 Å². The fourth-order valence-corrected chi connectivity index (χ4v) is 2.16. The lowest BCUT2D eigenvalue weighted by atomic mass is 10.1. The molecule has 0 rings (SSSR count). The van der Waals surface area contributed by atoms with Crippen molar-refractivity contribution in [2.75, 3.05) is 13.1 Å². The summed E-state index contributed by atoms with van der Waals surface area (Å²) >= 11 is 0. The molecule has 2 heteroatoms. The van der Waals surface area contributed by atoms with Crippen LogP contribution >= 0.6 is 0 Å². The van der Waals surface area contributed by atoms with Gasteiger partial charge in [-0.25, -0.2) is 5.21 Å². The Bertz CT molecular complexity index is 151. The highest BCUT2D eigenvalue weighted by molar-refractivity contribution is 4.52. The summed E-state index contributed by atoms with van der Waals surface area (Å²) in [4.78, 5) is 0. The molecular weight excluding hydrogens is 198 g/mol. The van der Waals surface area contributed by atoms with Crippen molar-refractivity contribution >= 4 is 0 Å². The number of hydrogen-bond donors (Lipinski definition) is 1. The van der Waals surface area contributed by atoms with Gasteiger partial charge in [-0.15, -0.1) is 0 Å². The van der Waals surface area contributed by atoms with Crippen LogP contribution in [0.25, 0.3) is 0 Å². The third-order valence-corrected chi connectivity index (χ3v) is 3.59. The van der Waals surface area contributed by atoms with Crippen LogP contribution in [-0.4, -0.2) is 29.0 Å². The van der Waals surface area contributed by atoms with Crippen molar-refractivity contribution in [1.82, 2.24) is 0 Å². The lowest BCUT2D eigenvalue weighted by Gasteiger charge is -2.36. The second-order valence-corrected chi connectivity index (χ2v) is 5.13. The van der Waals surface area contributed by atoms with Crippen LogP contribution in [-0.2, 0) is 0 Å². The summed E-state index contributed by atoms with van der Waals surface area (Å²) in [5.41, 5.74) is 0. The van der Waals surface area contributed by atoms with Crippen LogP contribution in [0.3, 0.4) is 0 Å². The van der Waals surface area contributed by atoms with Gasteiger partial charge in [-0.05, 0) is 26.2 Å². The van der Waals surface area contributed by atoms with E-state index < -0.39 is 0 Å². The van der Waals surface area contributed by atoms with Crippen molar-refractivity contribution < 1.29 is 9.85 Å². The van der Waals surface area contributed by atoms with Crippen molar-refractivity contribution in [1.29, 1.82) is 0 Å². The lowest BCUT2D eigenvalue weighted by molar-refractivity contribution is -1.12. The molecule has 0 bridgehead atoms. The van der Waals surface area contributed by atoms with E-state index in [0.717, 1.165) is 32.4 Å². The van der Waals surface area contributed by atoms with Crippen LogP contribution < -0.4 is 0 Å². The predicted molar refractivity (Wildman–Crippen MR) is 70.6 cm³/mol. The number of hydroxylamine groups is 3. The minimum atomic E-state index is 0.307. The number of unbranched alkanes of at least 4 members (excludes halogenated alkanes) is 3. The van der Waals surface area contributed by atoms with Gasteiger partial charge in [-0.2, -0.15) is 4.65 Å². The molecule has 0 heterocycles. The first kappa shape index (κ1) is 15.9. The summed E-state index contributed by atoms with van der Waals surface area (Å²) in [6, 6.07) is 0.401. The SMILES string of the molecule is CCCCC(C)[N+](O)(CCCC)CCCC. The highest BCUT2D eigenvalue weighted by Gasteiger charge is 2.30. The minimum absolute atomic E-state index is 0.307. The van der Waals surface area contributed by atoms with Gasteiger partial charge >= 0.3 is 0 Å². The normalized spacial score (nSPS) is 14.1. The van der Waals surface area contributed by atoms with Gasteiger partial charge in [0.05, 0.1) is 0 Å². The molecular formula is C14H32NO+. The van der Waals surface area contributed by atoms with Crippen LogP contribution in [0.5, 0.6) is 0 Å². The van der Waals surface area contributed by atoms with E-state index in [-0.39, 0.29) is 0 Å². The molecule has 16 heavy (non-hydrogen) atoms. The van der Waals surface area contributed by atoms with Gasteiger partial charge in [0.2, 0.25) is 0 Å². The first-order valence-electron chi connectivity index (χ1n) is 7.20. The summed E-state index contributed by atoms with van der Waals surface area (Å²) < 4.78 is 0.307. The second-order valence-electron chi connectivity index (χ2n) is 5.13. The quantitative estimate of drug-likeness (QED) is 0.436. The number of nitrogens with zero attached hydrogens (tertiary/aromatic N) is 1. The fourth-order valence-electron chi connectivity index (χ4n) is 2.16. The molecule has 1 atom stereocenters. The molecule has 98 valence electrons. The van der Waals surface area contributed by atoms with Gasteiger partial charge in [0.1, 0.15) is 19.1 Å². The molecule has 0 aliphatic heterocycles. The van der Waals surface area contributed by atoms with Gasteiger partial charge in [0.15, 0.2) is 0 Å². The highest BCUT2D eigenvalue weighted by Crippen LogP contribution is 2.18. The third-order valence-electron chi connectivity index (χ3n) is 3.59. The molecule has 0 saturated heterocycles. The van der Waals surface area contributed by atoms with E-state index in [1.807, 2.05) is 0 Å². The summed E-state index contributed by atoms with van der Waals surface area (Å²) in [6.45, 7) is 10.7. The number of hydrogen-bond acceptors (Lipinski definition) is 1. The van der Waals surface area contributed by atoms with E-state index in [9.17, 15) is 5.21 Å². The molecule has 0 radical (unpaired) electrons. The zero-order valence-corrected chi connectivity index (χ0v) is 11.8. The van der Waals surface area contributed by atoms with Crippen LogP contribution in [0.2, 0.25) is 0 Å². The van der Waals surface area contributed by atoms with Crippen molar-refractivity contribution in [3.63, 3.8) is 0 Å². The third kappa shape index (κ3) is 5.86. The molecule has 0 spiro atoms. The van der Waals surface area contributed by atoms with Crippen molar-refractivity contribution in [2.45, 2.75) is 78.7 Å². The maximum atomic E-state index is 10.7. The van der Waals surface area contributed by atoms with Crippen molar-refractivity contribution in [3.8, 4) is 0 Å². The van der Waals surface area contributed by atoms with Crippen LogP contribution in [0, 0.1) is 0 Å². The molecule has 2 nitrogen and oxygen atoms in total. The predicted octanol–water partition coefficient (Wildman–Crippen LogP) is 4.37. The molecule has 1 unspecified atom stereocenters. The molecule has 0 aliphatic rings. The second kappa shape index (κ2) is 9.00. The standard InChI is InChI=1S/C14H32NO/c1-5-8-11-14(4)15(16,12-9-6-2)13-10-7-3/h14,16H,5-13H2,1-4H3/q+1. The molecule has 0 amide bonds. The maximum Gasteiger partial charge on any atom is 0.116 e. The fraction of sp³-hybridized carbons (Fsp3) is 1.00. The minimum Gasteiger partial charge on any atom is -0.217 e. The Labute approximate surface area is 102 Å². The summed E-state index contributed by atoms with van der Waals surface area (Å²) in [5, 5.41) is 10.7. The maximum absolute atomic E-state index is 10.7. The average molecular weight is 230 g/mol. The summed E-state index contributed by atoms with van der Waals surface area (Å²) in [7, 11) is 0. The smallest absolute Gasteiger partial charge is 0.116 e. The van der Waals surface area contributed by atoms with E-state index in [1.54, 1.807) is 0 Å². The first-order chi connectivity index (χ1) is 7.60. The number of quaternary nitrogens is 1. The molecule has 0 aromatic carbocycles. The van der Waals surface area contributed by atoms with Gasteiger partial charge in [-0.3, -0.25) is 0 Å². The van der Waals surface area contributed by atoms with E-state index in [2.05, 4.69) is 27.7 Å². The Morgan fingerprint density at radius 1 is 0.875 bits per heavy atom. The average Bonchev–Trinajstić information content (AvgIpc) is 2.30. The Hall–Kier alpha value is -0.0800. The highest BCUT2D eigenvalue weighted by atomic mass is 16.5. The Morgan fingerprint density at radius 3 is 1.69 bits per heavy atom. The lowest BCUT2D eigenvalue weighted by Crippen LogP contribution is -2.52. The van der Waals surface area contributed by atoms with Gasteiger partial charge in [0, 0.05) is 6.42 Å². The monoisotopic (exact) mass is 230 g/mol. The summed E-state index contributed by atoms with van der Waals surface area (Å²) in [6.07, 6.45) is 8.24. The number of rotatable bonds is 10. The first-order valence-corrected chi connectivity index (χ1v) is 7.20. The van der Waals surface area contributed by atoms with Gasteiger partial charge in [-0.1, -0.05) is 40.0 Å². The Balaban J connectivity index is 4.24. The molecule has 0 aliphatic carbocycles. The van der Waals surface area contributed by atoms with Crippen LogP contribution in [0.4, 0.5) is 0 Å². The van der Waals surface area contributed by atoms with E-state index >= 15 is 0 Å². The van der Waals surface area contributed by atoms with Crippen LogP contribution in [0.1, 0.15) is 72.6 Å². The van der Waals surface area contributed by atoms with Crippen LogP contribution in [0.15, 0.2) is 0 Å². The van der Waals surface area contributed by atoms with E-state index in [0.29, 0.717) is 10.7 Å².